The smallest absolute Gasteiger partial charge is 0.233 e. The van der Waals surface area contributed by atoms with Crippen molar-refractivity contribution in [3.63, 3.8) is 0 Å². The molecule has 4 saturated carbocycles. The minimum atomic E-state index is -0.209. The summed E-state index contributed by atoms with van der Waals surface area (Å²) < 4.78 is 0. The van der Waals surface area contributed by atoms with E-state index >= 15 is 0 Å². The highest BCUT2D eigenvalue weighted by atomic mass is 32.2. The van der Waals surface area contributed by atoms with Gasteiger partial charge in [-0.05, 0) is 70.1 Å². The fourth-order valence-electron chi connectivity index (χ4n) is 5.46. The summed E-state index contributed by atoms with van der Waals surface area (Å²) in [5.74, 6) is 3.07. The summed E-state index contributed by atoms with van der Waals surface area (Å²) in [7, 11) is 0. The molecule has 1 heterocycles. The number of nitrogens with zero attached hydrogens (tertiary/aromatic N) is 2. The second kappa shape index (κ2) is 5.90. The Labute approximate surface area is 147 Å². The van der Waals surface area contributed by atoms with E-state index in [1.807, 2.05) is 13.8 Å². The lowest BCUT2D eigenvalue weighted by atomic mass is 9.53. The van der Waals surface area contributed by atoms with E-state index in [9.17, 15) is 4.79 Å². The van der Waals surface area contributed by atoms with E-state index in [2.05, 4.69) is 15.3 Å². The predicted molar refractivity (Wildman–Crippen MR) is 95.5 cm³/mol. The van der Waals surface area contributed by atoms with Crippen LogP contribution in [-0.2, 0) is 4.79 Å². The van der Waals surface area contributed by atoms with Crippen molar-refractivity contribution < 1.29 is 4.79 Å². The lowest BCUT2D eigenvalue weighted by Gasteiger charge is -2.57. The van der Waals surface area contributed by atoms with Gasteiger partial charge in [0.15, 0.2) is 5.16 Å². The Morgan fingerprint density at radius 1 is 1.25 bits per heavy atom. The molecule has 4 bridgehead atoms. The molecule has 1 unspecified atom stereocenters. The second-order valence-electron chi connectivity index (χ2n) is 8.16. The minimum Gasteiger partial charge on any atom is -0.384 e. The van der Waals surface area contributed by atoms with Crippen LogP contribution in [0.25, 0.3) is 0 Å². The van der Waals surface area contributed by atoms with E-state index in [0.717, 1.165) is 23.4 Å². The SMILES string of the molecule is Cc1cc(N)nc(SC(C)C(=O)NC23CC4CC(CC(C4)C2)C3)n1. The van der Waals surface area contributed by atoms with E-state index in [4.69, 9.17) is 5.73 Å². The Hall–Kier alpha value is -1.30. The van der Waals surface area contributed by atoms with Crippen LogP contribution in [0.2, 0.25) is 0 Å². The number of anilines is 1. The number of rotatable bonds is 4. The summed E-state index contributed by atoms with van der Waals surface area (Å²) >= 11 is 1.39. The molecular formula is C18H26N4OS. The largest absolute Gasteiger partial charge is 0.384 e. The van der Waals surface area contributed by atoms with E-state index in [0.29, 0.717) is 11.0 Å². The summed E-state index contributed by atoms with van der Waals surface area (Å²) in [5, 5.41) is 3.80. The maximum atomic E-state index is 12.8. The zero-order valence-corrected chi connectivity index (χ0v) is 15.2. The highest BCUT2D eigenvalue weighted by Gasteiger charge is 2.51. The molecule has 3 N–H and O–H groups in total. The van der Waals surface area contributed by atoms with Crippen molar-refractivity contribution in [2.45, 2.75) is 68.3 Å². The van der Waals surface area contributed by atoms with Crippen molar-refractivity contribution in [3.8, 4) is 0 Å². The molecule has 6 heteroatoms. The third-order valence-electron chi connectivity index (χ3n) is 5.93. The Bertz CT molecular complexity index is 607. The molecule has 0 aliphatic heterocycles. The molecule has 1 aromatic rings. The first-order chi connectivity index (χ1) is 11.4. The van der Waals surface area contributed by atoms with Gasteiger partial charge in [-0.1, -0.05) is 11.8 Å². The lowest BCUT2D eigenvalue weighted by Crippen LogP contribution is -2.60. The van der Waals surface area contributed by atoms with Crippen LogP contribution in [0.5, 0.6) is 0 Å². The monoisotopic (exact) mass is 346 g/mol. The normalized spacial score (nSPS) is 35.0. The fourth-order valence-corrected chi connectivity index (χ4v) is 6.29. The third-order valence-corrected chi connectivity index (χ3v) is 6.89. The summed E-state index contributed by atoms with van der Waals surface area (Å²) in [6.07, 6.45) is 7.68. The Kier molecular flexibility index (Phi) is 3.98. The van der Waals surface area contributed by atoms with Gasteiger partial charge in [-0.2, -0.15) is 0 Å². The number of nitrogens with one attached hydrogen (secondary N) is 1. The van der Waals surface area contributed by atoms with Gasteiger partial charge < -0.3 is 11.1 Å². The van der Waals surface area contributed by atoms with Crippen molar-refractivity contribution in [2.24, 2.45) is 17.8 Å². The standard InChI is InChI=1S/C18H26N4OS/c1-10-3-15(19)21-17(20-10)24-11(2)16(23)22-18-7-12-4-13(8-18)6-14(5-12)9-18/h3,11-14H,4-9H2,1-2H3,(H,22,23)(H2,19,20,21). The molecule has 4 aliphatic rings. The van der Waals surface area contributed by atoms with Crippen LogP contribution in [0.3, 0.4) is 0 Å². The predicted octanol–water partition coefficient (Wildman–Crippen LogP) is 2.93. The van der Waals surface area contributed by atoms with Gasteiger partial charge in [0.2, 0.25) is 5.91 Å². The van der Waals surface area contributed by atoms with Gasteiger partial charge in [-0.15, -0.1) is 0 Å². The van der Waals surface area contributed by atoms with E-state index in [1.54, 1.807) is 6.07 Å². The fraction of sp³-hybridized carbons (Fsp3) is 0.722. The summed E-state index contributed by atoms with van der Waals surface area (Å²) in [6.45, 7) is 3.82. The highest BCUT2D eigenvalue weighted by molar-refractivity contribution is 8.00. The Morgan fingerprint density at radius 2 is 1.83 bits per heavy atom. The third kappa shape index (κ3) is 3.13. The Balaban J connectivity index is 1.42. The number of carbonyl (C=O) groups is 1. The maximum absolute atomic E-state index is 12.8. The molecule has 4 fully saturated rings. The molecule has 0 spiro atoms. The second-order valence-corrected chi connectivity index (χ2v) is 9.47. The van der Waals surface area contributed by atoms with Gasteiger partial charge >= 0.3 is 0 Å². The van der Waals surface area contributed by atoms with Gasteiger partial charge in [-0.3, -0.25) is 4.79 Å². The van der Waals surface area contributed by atoms with Gasteiger partial charge in [0, 0.05) is 17.3 Å². The molecule has 1 amide bonds. The quantitative estimate of drug-likeness (QED) is 0.647. The molecule has 1 aromatic heterocycles. The summed E-state index contributed by atoms with van der Waals surface area (Å²) in [4.78, 5) is 21.4. The van der Waals surface area contributed by atoms with Crippen molar-refractivity contribution in [1.82, 2.24) is 15.3 Å². The van der Waals surface area contributed by atoms with Crippen molar-refractivity contribution in [3.05, 3.63) is 11.8 Å². The van der Waals surface area contributed by atoms with E-state index in [-0.39, 0.29) is 16.7 Å². The molecule has 0 radical (unpaired) electrons. The molecule has 24 heavy (non-hydrogen) atoms. The number of hydrogen-bond donors (Lipinski definition) is 2. The van der Waals surface area contributed by atoms with Crippen LogP contribution < -0.4 is 11.1 Å². The van der Waals surface area contributed by atoms with E-state index < -0.39 is 0 Å². The molecule has 4 aliphatic carbocycles. The van der Waals surface area contributed by atoms with Gasteiger partial charge in [-0.25, -0.2) is 9.97 Å². The molecule has 5 rings (SSSR count). The number of aryl methyl sites for hydroxylation is 1. The molecule has 130 valence electrons. The van der Waals surface area contributed by atoms with E-state index in [1.165, 1.54) is 50.3 Å². The van der Waals surface area contributed by atoms with Crippen molar-refractivity contribution in [2.75, 3.05) is 5.73 Å². The maximum Gasteiger partial charge on any atom is 0.233 e. The molecule has 0 saturated heterocycles. The van der Waals surface area contributed by atoms with Crippen molar-refractivity contribution >= 4 is 23.5 Å². The van der Waals surface area contributed by atoms with Crippen LogP contribution in [0, 0.1) is 24.7 Å². The Morgan fingerprint density at radius 3 is 2.38 bits per heavy atom. The van der Waals surface area contributed by atoms with Crippen LogP contribution >= 0.6 is 11.8 Å². The minimum absolute atomic E-state index is 0.0626. The molecule has 0 aromatic carbocycles. The van der Waals surface area contributed by atoms with Crippen LogP contribution in [0.4, 0.5) is 5.82 Å². The topological polar surface area (TPSA) is 80.9 Å². The first-order valence-corrected chi connectivity index (χ1v) is 9.88. The van der Waals surface area contributed by atoms with Gasteiger partial charge in [0.25, 0.3) is 0 Å². The number of thioether (sulfide) groups is 1. The number of hydrogen-bond acceptors (Lipinski definition) is 5. The first-order valence-electron chi connectivity index (χ1n) is 9.01. The molecule has 1 atom stereocenters. The van der Waals surface area contributed by atoms with Crippen LogP contribution in [0.15, 0.2) is 11.2 Å². The number of aromatic nitrogens is 2. The highest BCUT2D eigenvalue weighted by Crippen LogP contribution is 2.55. The summed E-state index contributed by atoms with van der Waals surface area (Å²) in [5.41, 5.74) is 6.68. The number of nitrogen functional groups attached to an aromatic ring is 1. The van der Waals surface area contributed by atoms with Crippen LogP contribution in [0.1, 0.15) is 51.1 Å². The zero-order valence-electron chi connectivity index (χ0n) is 14.4. The average Bonchev–Trinajstić information content (AvgIpc) is 2.43. The van der Waals surface area contributed by atoms with Crippen LogP contribution in [-0.4, -0.2) is 26.7 Å². The lowest BCUT2D eigenvalue weighted by molar-refractivity contribution is -0.126. The zero-order chi connectivity index (χ0) is 16.9. The number of nitrogens with two attached hydrogens (primary N) is 1. The number of amides is 1. The van der Waals surface area contributed by atoms with Gasteiger partial charge in [0.1, 0.15) is 5.82 Å². The summed E-state index contributed by atoms with van der Waals surface area (Å²) in [6, 6.07) is 1.74. The average molecular weight is 347 g/mol. The molecular weight excluding hydrogens is 320 g/mol. The number of carbonyl (C=O) groups excluding carboxylic acids is 1. The van der Waals surface area contributed by atoms with Gasteiger partial charge in [0.05, 0.1) is 5.25 Å². The van der Waals surface area contributed by atoms with Crippen molar-refractivity contribution in [1.29, 1.82) is 0 Å². The molecule has 5 nitrogen and oxygen atoms in total. The first kappa shape index (κ1) is 16.2.